The van der Waals surface area contributed by atoms with Gasteiger partial charge in [-0.3, -0.25) is 4.18 Å². The summed E-state index contributed by atoms with van der Waals surface area (Å²) in [6.45, 7) is 3.62. The number of hydrogen-bond acceptors (Lipinski definition) is 2. The lowest BCUT2D eigenvalue weighted by atomic mass is 10.2. The van der Waals surface area contributed by atoms with Crippen molar-refractivity contribution in [2.45, 2.75) is 4.90 Å². The molecular weight excluding hydrogens is 172 g/mol. The first kappa shape index (κ1) is 9.16. The van der Waals surface area contributed by atoms with E-state index < -0.39 is 11.1 Å². The van der Waals surface area contributed by atoms with Gasteiger partial charge in [0.15, 0.2) is 11.1 Å². The molecule has 12 heavy (non-hydrogen) atoms. The fourth-order valence-electron chi connectivity index (χ4n) is 0.811. The van der Waals surface area contributed by atoms with Crippen molar-refractivity contribution in [3.63, 3.8) is 0 Å². The third-order valence-electron chi connectivity index (χ3n) is 1.46. The molecule has 0 aliphatic heterocycles. The molecule has 0 fully saturated rings. The van der Waals surface area contributed by atoms with Crippen molar-refractivity contribution in [2.24, 2.45) is 0 Å². The molecule has 1 aromatic rings. The molecule has 0 aromatic heterocycles. The molecule has 0 aliphatic rings. The lowest BCUT2D eigenvalue weighted by molar-refractivity contribution is 0.446. The van der Waals surface area contributed by atoms with Crippen LogP contribution in [0, 0.1) is 0 Å². The van der Waals surface area contributed by atoms with Crippen molar-refractivity contribution in [3.8, 4) is 0 Å². The Kier molecular flexibility index (Phi) is 3.19. The Morgan fingerprint density at radius 3 is 2.42 bits per heavy atom. The molecular formula is C9H10O2S. The Balaban J connectivity index is 2.91. The highest BCUT2D eigenvalue weighted by atomic mass is 32.2. The van der Waals surface area contributed by atoms with Gasteiger partial charge in [-0.2, -0.15) is 0 Å². The van der Waals surface area contributed by atoms with Gasteiger partial charge in [-0.1, -0.05) is 24.8 Å². The van der Waals surface area contributed by atoms with Gasteiger partial charge in [-0.15, -0.1) is 0 Å². The molecule has 0 amide bonds. The summed E-state index contributed by atoms with van der Waals surface area (Å²) in [6.07, 6.45) is 1.74. The van der Waals surface area contributed by atoms with Crippen LogP contribution in [-0.2, 0) is 15.3 Å². The summed E-state index contributed by atoms with van der Waals surface area (Å²) in [4.78, 5) is 0.670. The smallest absolute Gasteiger partial charge is 0.188 e. The summed E-state index contributed by atoms with van der Waals surface area (Å²) in [5.41, 5.74) is 1.01. The highest BCUT2D eigenvalue weighted by Crippen LogP contribution is 2.09. The summed E-state index contributed by atoms with van der Waals surface area (Å²) in [5, 5.41) is 0. The zero-order valence-corrected chi connectivity index (χ0v) is 7.64. The highest BCUT2D eigenvalue weighted by molar-refractivity contribution is 7.80. The molecule has 1 atom stereocenters. The SMILES string of the molecule is C=Cc1ccc(S(=O)OC)cc1. The van der Waals surface area contributed by atoms with Gasteiger partial charge in [0.2, 0.25) is 0 Å². The van der Waals surface area contributed by atoms with Crippen LogP contribution in [0.2, 0.25) is 0 Å². The van der Waals surface area contributed by atoms with Gasteiger partial charge in [0.1, 0.15) is 0 Å². The molecule has 0 bridgehead atoms. The van der Waals surface area contributed by atoms with Crippen LogP contribution >= 0.6 is 0 Å². The van der Waals surface area contributed by atoms with Crippen molar-refractivity contribution in [3.05, 3.63) is 36.4 Å². The van der Waals surface area contributed by atoms with E-state index in [-0.39, 0.29) is 0 Å². The Morgan fingerprint density at radius 2 is 2.00 bits per heavy atom. The maximum absolute atomic E-state index is 11.1. The second-order valence-electron chi connectivity index (χ2n) is 2.17. The molecule has 0 spiro atoms. The number of hydrogen-bond donors (Lipinski definition) is 0. The molecule has 0 saturated heterocycles. The Hall–Kier alpha value is -0.930. The molecule has 2 nitrogen and oxygen atoms in total. The number of benzene rings is 1. The molecule has 0 saturated carbocycles. The molecule has 0 radical (unpaired) electrons. The predicted molar refractivity (Wildman–Crippen MR) is 50.0 cm³/mol. The van der Waals surface area contributed by atoms with Crippen molar-refractivity contribution in [2.75, 3.05) is 7.11 Å². The van der Waals surface area contributed by atoms with Gasteiger partial charge in [0, 0.05) is 0 Å². The third kappa shape index (κ3) is 2.03. The minimum absolute atomic E-state index is 0.670. The first-order chi connectivity index (χ1) is 5.77. The molecule has 64 valence electrons. The second-order valence-corrected chi connectivity index (χ2v) is 3.45. The Labute approximate surface area is 74.5 Å². The lowest BCUT2D eigenvalue weighted by Gasteiger charge is -1.98. The molecule has 0 heterocycles. The fraction of sp³-hybridized carbons (Fsp3) is 0.111. The van der Waals surface area contributed by atoms with Crippen LogP contribution in [0.1, 0.15) is 5.56 Å². The topological polar surface area (TPSA) is 26.3 Å². The second kappa shape index (κ2) is 4.18. The largest absolute Gasteiger partial charge is 0.290 e. The summed E-state index contributed by atoms with van der Waals surface area (Å²) in [6, 6.07) is 7.21. The average molecular weight is 182 g/mol. The van der Waals surface area contributed by atoms with E-state index in [9.17, 15) is 4.21 Å². The van der Waals surface area contributed by atoms with E-state index in [2.05, 4.69) is 10.8 Å². The molecule has 0 N–H and O–H groups in total. The van der Waals surface area contributed by atoms with Crippen LogP contribution in [0.4, 0.5) is 0 Å². The first-order valence-electron chi connectivity index (χ1n) is 3.46. The van der Waals surface area contributed by atoms with E-state index in [4.69, 9.17) is 0 Å². The van der Waals surface area contributed by atoms with Gasteiger partial charge >= 0.3 is 0 Å². The van der Waals surface area contributed by atoms with Crippen molar-refractivity contribution < 1.29 is 8.39 Å². The zero-order valence-electron chi connectivity index (χ0n) is 6.82. The van der Waals surface area contributed by atoms with Gasteiger partial charge in [0.25, 0.3) is 0 Å². The van der Waals surface area contributed by atoms with E-state index in [0.29, 0.717) is 4.90 Å². The van der Waals surface area contributed by atoms with E-state index in [1.54, 1.807) is 18.2 Å². The van der Waals surface area contributed by atoms with Crippen LogP contribution in [0.25, 0.3) is 6.08 Å². The molecule has 3 heteroatoms. The summed E-state index contributed by atoms with van der Waals surface area (Å²) in [5.74, 6) is 0. The fourth-order valence-corrected chi connectivity index (χ4v) is 1.36. The van der Waals surface area contributed by atoms with Crippen LogP contribution in [0.15, 0.2) is 35.7 Å². The molecule has 1 rings (SSSR count). The predicted octanol–water partition coefficient (Wildman–Crippen LogP) is 2.00. The number of rotatable bonds is 3. The normalized spacial score (nSPS) is 12.4. The quantitative estimate of drug-likeness (QED) is 0.714. The van der Waals surface area contributed by atoms with Gasteiger partial charge in [-0.05, 0) is 17.7 Å². The van der Waals surface area contributed by atoms with E-state index in [1.165, 1.54) is 7.11 Å². The van der Waals surface area contributed by atoms with Gasteiger partial charge in [-0.25, -0.2) is 4.21 Å². The van der Waals surface area contributed by atoms with E-state index in [0.717, 1.165) is 5.56 Å². The lowest BCUT2D eigenvalue weighted by Crippen LogP contribution is -1.92. The zero-order chi connectivity index (χ0) is 8.97. The summed E-state index contributed by atoms with van der Waals surface area (Å²) < 4.78 is 15.7. The van der Waals surface area contributed by atoms with Crippen LogP contribution in [0.3, 0.4) is 0 Å². The van der Waals surface area contributed by atoms with Gasteiger partial charge in [0.05, 0.1) is 12.0 Å². The average Bonchev–Trinajstić information content (AvgIpc) is 2.17. The van der Waals surface area contributed by atoms with Crippen LogP contribution in [-0.4, -0.2) is 11.3 Å². The third-order valence-corrected chi connectivity index (χ3v) is 2.42. The molecule has 1 aromatic carbocycles. The van der Waals surface area contributed by atoms with Crippen LogP contribution in [0.5, 0.6) is 0 Å². The highest BCUT2D eigenvalue weighted by Gasteiger charge is 1.99. The van der Waals surface area contributed by atoms with E-state index in [1.807, 2.05) is 12.1 Å². The monoisotopic (exact) mass is 182 g/mol. The molecule has 1 unspecified atom stereocenters. The standard InChI is InChI=1S/C9H10O2S/c1-3-8-4-6-9(7-5-8)12(10)11-2/h3-7H,1H2,2H3. The van der Waals surface area contributed by atoms with Crippen molar-refractivity contribution in [1.82, 2.24) is 0 Å². The minimum Gasteiger partial charge on any atom is -0.290 e. The molecule has 0 aliphatic carbocycles. The maximum Gasteiger partial charge on any atom is 0.188 e. The van der Waals surface area contributed by atoms with E-state index >= 15 is 0 Å². The first-order valence-corrected chi connectivity index (χ1v) is 4.54. The van der Waals surface area contributed by atoms with Crippen LogP contribution < -0.4 is 0 Å². The Bertz CT molecular complexity index is 290. The van der Waals surface area contributed by atoms with Crippen molar-refractivity contribution >= 4 is 17.2 Å². The van der Waals surface area contributed by atoms with Crippen molar-refractivity contribution in [1.29, 1.82) is 0 Å². The Morgan fingerprint density at radius 1 is 1.42 bits per heavy atom. The maximum atomic E-state index is 11.1. The summed E-state index contributed by atoms with van der Waals surface area (Å²) in [7, 11) is 1.41. The van der Waals surface area contributed by atoms with Gasteiger partial charge < -0.3 is 0 Å². The summed E-state index contributed by atoms with van der Waals surface area (Å²) >= 11 is -1.33. The minimum atomic E-state index is -1.33.